The number of aromatic amines is 2. The van der Waals surface area contributed by atoms with Crippen LogP contribution in [0.1, 0.15) is 28.8 Å². The summed E-state index contributed by atoms with van der Waals surface area (Å²) in [5.41, 5.74) is 4.66. The Morgan fingerprint density at radius 2 is 1.95 bits per heavy atom. The van der Waals surface area contributed by atoms with Crippen molar-refractivity contribution in [3.8, 4) is 22.9 Å². The summed E-state index contributed by atoms with van der Waals surface area (Å²) in [6.45, 7) is 0. The molecular formula is C29H24FN3O4. The zero-order chi connectivity index (χ0) is 25.8. The second-order valence-corrected chi connectivity index (χ2v) is 8.74. The number of ether oxygens (including phenoxy) is 1. The van der Waals surface area contributed by atoms with Crippen LogP contribution in [0.2, 0.25) is 0 Å². The summed E-state index contributed by atoms with van der Waals surface area (Å²) in [5, 5.41) is 9.82. The highest BCUT2D eigenvalue weighted by Crippen LogP contribution is 2.33. The average molecular weight is 498 g/mol. The lowest BCUT2D eigenvalue weighted by atomic mass is 10.0. The van der Waals surface area contributed by atoms with Gasteiger partial charge in [-0.15, -0.1) is 0 Å². The number of fused-ring (bicyclic) bond motifs is 1. The van der Waals surface area contributed by atoms with Gasteiger partial charge in [0.2, 0.25) is 0 Å². The first-order valence-electron chi connectivity index (χ1n) is 11.8. The van der Waals surface area contributed by atoms with Gasteiger partial charge in [0.15, 0.2) is 0 Å². The highest BCUT2D eigenvalue weighted by atomic mass is 19.1. The average Bonchev–Trinajstić information content (AvgIpc) is 3.55. The molecule has 0 bridgehead atoms. The predicted octanol–water partition coefficient (Wildman–Crippen LogP) is 5.84. The minimum atomic E-state index is -0.832. The van der Waals surface area contributed by atoms with Crippen LogP contribution in [0.15, 0.2) is 73.1 Å². The summed E-state index contributed by atoms with van der Waals surface area (Å²) < 4.78 is 20.9. The molecule has 2 heterocycles. The Morgan fingerprint density at radius 1 is 1.08 bits per heavy atom. The molecule has 3 N–H and O–H groups in total. The van der Waals surface area contributed by atoms with E-state index in [1.54, 1.807) is 24.5 Å². The van der Waals surface area contributed by atoms with Crippen molar-refractivity contribution in [2.24, 2.45) is 0 Å². The summed E-state index contributed by atoms with van der Waals surface area (Å²) >= 11 is 0. The highest BCUT2D eigenvalue weighted by molar-refractivity contribution is 5.87. The molecule has 7 nitrogen and oxygen atoms in total. The van der Waals surface area contributed by atoms with Crippen LogP contribution in [0.5, 0.6) is 11.5 Å². The number of aromatic nitrogens is 3. The van der Waals surface area contributed by atoms with E-state index in [0.717, 1.165) is 39.6 Å². The number of imidazole rings is 1. The fourth-order valence-corrected chi connectivity index (χ4v) is 4.39. The van der Waals surface area contributed by atoms with Crippen LogP contribution >= 0.6 is 0 Å². The number of rotatable bonds is 10. The molecule has 5 aromatic rings. The largest absolute Gasteiger partial charge is 0.481 e. The number of nitrogens with zero attached hydrogens (tertiary/aromatic N) is 1. The number of nitrogens with one attached hydrogen (secondary N) is 2. The van der Waals surface area contributed by atoms with E-state index in [9.17, 15) is 14.0 Å². The highest BCUT2D eigenvalue weighted by Gasteiger charge is 2.14. The zero-order valence-electron chi connectivity index (χ0n) is 19.8. The molecule has 8 heteroatoms. The molecule has 0 aliphatic rings. The Kier molecular flexibility index (Phi) is 6.81. The minimum Gasteiger partial charge on any atom is -0.481 e. The van der Waals surface area contributed by atoms with Crippen LogP contribution in [0.3, 0.4) is 0 Å². The third-order valence-corrected chi connectivity index (χ3v) is 6.15. The molecule has 2 aromatic heterocycles. The molecule has 0 radical (unpaired) electrons. The van der Waals surface area contributed by atoms with Crippen LogP contribution in [-0.2, 0) is 28.9 Å². The molecule has 0 amide bonds. The second-order valence-electron chi connectivity index (χ2n) is 8.74. The number of aldehydes is 1. The maximum Gasteiger partial charge on any atom is 0.303 e. The number of halogens is 1. The monoisotopic (exact) mass is 497 g/mol. The van der Waals surface area contributed by atoms with Crippen LogP contribution in [0, 0.1) is 5.82 Å². The number of carboxylic acids is 1. The molecule has 0 fully saturated rings. The number of carboxylic acid groups (broad SMARTS) is 1. The van der Waals surface area contributed by atoms with E-state index < -0.39 is 11.8 Å². The van der Waals surface area contributed by atoms with Crippen molar-refractivity contribution in [3.05, 3.63) is 101 Å². The van der Waals surface area contributed by atoms with Crippen LogP contribution in [0.25, 0.3) is 22.3 Å². The first kappa shape index (κ1) is 24.0. The summed E-state index contributed by atoms with van der Waals surface area (Å²) in [4.78, 5) is 32.8. The molecule has 0 aliphatic carbocycles. The quantitative estimate of drug-likeness (QED) is 0.210. The number of H-pyrrole nitrogens is 2. The van der Waals surface area contributed by atoms with Gasteiger partial charge >= 0.3 is 5.97 Å². The smallest absolute Gasteiger partial charge is 0.303 e. The lowest BCUT2D eigenvalue weighted by Crippen LogP contribution is -1.98. The van der Waals surface area contributed by atoms with Crippen molar-refractivity contribution in [2.75, 3.05) is 0 Å². The first-order valence-corrected chi connectivity index (χ1v) is 11.8. The van der Waals surface area contributed by atoms with Gasteiger partial charge in [0.05, 0.1) is 5.56 Å². The van der Waals surface area contributed by atoms with Gasteiger partial charge < -0.3 is 24.6 Å². The van der Waals surface area contributed by atoms with Crippen molar-refractivity contribution >= 4 is 23.2 Å². The molecule has 37 heavy (non-hydrogen) atoms. The minimum absolute atomic E-state index is 0.0744. The fraction of sp³-hybridized carbons (Fsp3) is 0.138. The van der Waals surface area contributed by atoms with Gasteiger partial charge in [-0.25, -0.2) is 9.37 Å². The van der Waals surface area contributed by atoms with E-state index >= 15 is 0 Å². The SMILES string of the molecule is O=CCc1c(Oc2ccc(F)c(-c3ncc(Cc4cccc(CCC(=O)O)c4)[nH]3)c2)ccc2[nH]ccc12. The predicted molar refractivity (Wildman–Crippen MR) is 137 cm³/mol. The fourth-order valence-electron chi connectivity index (χ4n) is 4.39. The molecule has 0 spiro atoms. The Balaban J connectivity index is 1.37. The standard InChI is InChI=1S/C29H24FN3O4/c30-25-6-5-21(37-27-8-7-26-22(10-12-31-26)23(27)11-13-34)16-24(25)29-32-17-20(33-29)15-19-3-1-2-18(14-19)4-9-28(35)36/h1-3,5-8,10,12-14,16-17,31H,4,9,11,15H2,(H,32,33)(H,35,36). The van der Waals surface area contributed by atoms with E-state index in [0.29, 0.717) is 30.2 Å². The van der Waals surface area contributed by atoms with Gasteiger partial charge in [0.25, 0.3) is 0 Å². The third kappa shape index (κ3) is 5.43. The van der Waals surface area contributed by atoms with Crippen molar-refractivity contribution in [1.82, 2.24) is 15.0 Å². The van der Waals surface area contributed by atoms with Gasteiger partial charge in [-0.2, -0.15) is 0 Å². The number of aryl methyl sites for hydroxylation is 1. The van der Waals surface area contributed by atoms with Crippen molar-refractivity contribution in [1.29, 1.82) is 0 Å². The number of carbonyl (C=O) groups excluding carboxylic acids is 1. The normalized spacial score (nSPS) is 11.1. The Hall–Kier alpha value is -4.72. The van der Waals surface area contributed by atoms with Crippen LogP contribution in [-0.4, -0.2) is 32.3 Å². The van der Waals surface area contributed by atoms with E-state index in [1.165, 1.54) is 12.1 Å². The molecule has 3 aromatic carbocycles. The summed E-state index contributed by atoms with van der Waals surface area (Å²) in [7, 11) is 0. The van der Waals surface area contributed by atoms with Crippen LogP contribution in [0.4, 0.5) is 4.39 Å². The Bertz CT molecular complexity index is 1590. The van der Waals surface area contributed by atoms with E-state index in [2.05, 4.69) is 15.0 Å². The van der Waals surface area contributed by atoms with Gasteiger partial charge in [-0.05, 0) is 53.9 Å². The molecule has 5 rings (SSSR count). The maximum atomic E-state index is 14.8. The molecule has 0 saturated carbocycles. The molecule has 0 aliphatic heterocycles. The zero-order valence-corrected chi connectivity index (χ0v) is 19.8. The van der Waals surface area contributed by atoms with Crippen molar-refractivity contribution in [2.45, 2.75) is 25.7 Å². The second kappa shape index (κ2) is 10.5. The van der Waals surface area contributed by atoms with Gasteiger partial charge in [-0.1, -0.05) is 24.3 Å². The summed E-state index contributed by atoms with van der Waals surface area (Å²) in [6, 6.07) is 17.7. The summed E-state index contributed by atoms with van der Waals surface area (Å²) in [5.74, 6) is 0.0383. The molecule has 0 unspecified atom stereocenters. The molecule has 0 saturated heterocycles. The van der Waals surface area contributed by atoms with Gasteiger partial charge in [0, 0.05) is 53.8 Å². The first-order chi connectivity index (χ1) is 18.0. The number of hydrogen-bond donors (Lipinski definition) is 3. The maximum absolute atomic E-state index is 14.8. The van der Waals surface area contributed by atoms with E-state index in [4.69, 9.17) is 9.84 Å². The van der Waals surface area contributed by atoms with Crippen molar-refractivity contribution < 1.29 is 23.8 Å². The Morgan fingerprint density at radius 3 is 2.78 bits per heavy atom. The lowest BCUT2D eigenvalue weighted by molar-refractivity contribution is -0.137. The van der Waals surface area contributed by atoms with Gasteiger partial charge in [-0.3, -0.25) is 4.79 Å². The topological polar surface area (TPSA) is 108 Å². The van der Waals surface area contributed by atoms with Crippen LogP contribution < -0.4 is 4.74 Å². The summed E-state index contributed by atoms with van der Waals surface area (Å²) in [6.07, 6.45) is 5.56. The molecule has 186 valence electrons. The lowest BCUT2D eigenvalue weighted by Gasteiger charge is -2.12. The van der Waals surface area contributed by atoms with Gasteiger partial charge in [0.1, 0.15) is 29.4 Å². The van der Waals surface area contributed by atoms with E-state index in [-0.39, 0.29) is 18.4 Å². The molecule has 0 atom stereocenters. The van der Waals surface area contributed by atoms with Crippen molar-refractivity contribution in [3.63, 3.8) is 0 Å². The molecular weight excluding hydrogens is 473 g/mol. The number of aliphatic carboxylic acids is 1. The number of hydrogen-bond acceptors (Lipinski definition) is 4. The third-order valence-electron chi connectivity index (χ3n) is 6.15. The number of benzene rings is 3. The Labute approximate surface area is 212 Å². The number of carbonyl (C=O) groups is 2. The van der Waals surface area contributed by atoms with E-state index in [1.807, 2.05) is 36.4 Å².